The number of nitrogens with one attached hydrogen (secondary N) is 1. The molecule has 0 amide bonds. The number of anilines is 1. The minimum Gasteiger partial charge on any atom is -0.756 e. The highest BCUT2D eigenvalue weighted by Crippen LogP contribution is 2.61. The number of aromatic nitrogens is 4. The van der Waals surface area contributed by atoms with E-state index in [1.54, 1.807) is 6.92 Å². The van der Waals surface area contributed by atoms with Crippen molar-refractivity contribution in [2.45, 2.75) is 37.2 Å². The van der Waals surface area contributed by atoms with Gasteiger partial charge in [0, 0.05) is 6.42 Å². The van der Waals surface area contributed by atoms with Crippen LogP contribution < -0.4 is 26.0 Å². The summed E-state index contributed by atoms with van der Waals surface area (Å²) in [4.78, 5) is 60.8. The number of rotatable bonds is 12. The Morgan fingerprint density at radius 2 is 2.03 bits per heavy atom. The Balaban J connectivity index is 1.78. The largest absolute Gasteiger partial charge is 0.756 e. The van der Waals surface area contributed by atoms with Gasteiger partial charge in [-0.25, -0.2) is 13.3 Å². The first-order valence-electron chi connectivity index (χ1n) is 9.55. The summed E-state index contributed by atoms with van der Waals surface area (Å²) in [5.41, 5.74) is 4.74. The molecule has 2 aromatic rings. The molecule has 3 rings (SSSR count). The van der Waals surface area contributed by atoms with Gasteiger partial charge in [0.1, 0.15) is 16.9 Å². The highest BCUT2D eigenvalue weighted by atomic mass is 33.1. The number of H-pyrrole nitrogens is 1. The molecule has 0 bridgehead atoms. The molecule has 0 spiro atoms. The van der Waals surface area contributed by atoms with Crippen LogP contribution in [0.5, 0.6) is 0 Å². The average Bonchev–Trinajstić information content (AvgIpc) is 3.27. The van der Waals surface area contributed by atoms with Gasteiger partial charge in [0.25, 0.3) is 29.0 Å². The van der Waals surface area contributed by atoms with E-state index in [4.69, 9.17) is 20.1 Å². The molecule has 23 heteroatoms. The molecule has 18 nitrogen and oxygen atoms in total. The molecule has 0 saturated carbocycles. The van der Waals surface area contributed by atoms with E-state index < -0.39 is 59.5 Å². The second-order valence-electron chi connectivity index (χ2n) is 6.97. The van der Waals surface area contributed by atoms with Crippen LogP contribution in [-0.4, -0.2) is 55.1 Å². The van der Waals surface area contributed by atoms with Gasteiger partial charge >= 0.3 is 0 Å². The number of aromatic amines is 1. The molecule has 3 heterocycles. The molecule has 1 aliphatic rings. The number of hydrogen-bond acceptors (Lipinski definition) is 17. The minimum atomic E-state index is -6.05. The summed E-state index contributed by atoms with van der Waals surface area (Å²) in [7, 11) is -14.9. The first kappa shape index (κ1) is 29.7. The normalized spacial score (nSPS) is 26.3. The quantitative estimate of drug-likeness (QED) is 0.150. The Labute approximate surface area is 210 Å². The second-order valence-corrected chi connectivity index (χ2v) is 14.0. The molecule has 7 atom stereocenters. The fourth-order valence-corrected chi connectivity index (χ4v) is 7.47. The summed E-state index contributed by atoms with van der Waals surface area (Å²) in [5.74, 6) is -0.177. The van der Waals surface area contributed by atoms with Crippen molar-refractivity contribution < 1.29 is 55.9 Å². The second kappa shape index (κ2) is 11.5. The van der Waals surface area contributed by atoms with Crippen molar-refractivity contribution in [1.29, 1.82) is 0 Å². The van der Waals surface area contributed by atoms with Crippen molar-refractivity contribution in [2.75, 3.05) is 18.6 Å². The van der Waals surface area contributed by atoms with Gasteiger partial charge in [0.2, 0.25) is 5.95 Å². The molecule has 3 unspecified atom stereocenters. The van der Waals surface area contributed by atoms with Crippen LogP contribution in [0.4, 0.5) is 5.95 Å². The van der Waals surface area contributed by atoms with Gasteiger partial charge in [-0.2, -0.15) is 10.1 Å². The maximum Gasteiger partial charge on any atom is 0.280 e. The van der Waals surface area contributed by atoms with Crippen molar-refractivity contribution in [2.24, 2.45) is 0 Å². The van der Waals surface area contributed by atoms with Crippen LogP contribution in [0.15, 0.2) is 11.0 Å². The number of phosphoric acid groups is 3. The van der Waals surface area contributed by atoms with Crippen molar-refractivity contribution in [1.82, 2.24) is 19.7 Å². The van der Waals surface area contributed by atoms with E-state index >= 15 is 0 Å². The Kier molecular flexibility index (Phi) is 9.51. The predicted octanol–water partition coefficient (Wildman–Crippen LogP) is -0.821. The molecule has 0 aliphatic carbocycles. The predicted molar refractivity (Wildman–Crippen MR) is 120 cm³/mol. The minimum absolute atomic E-state index is 0.0789. The highest BCUT2D eigenvalue weighted by molar-refractivity contribution is 8.76. The maximum atomic E-state index is 12.1. The third-order valence-electron chi connectivity index (χ3n) is 4.33. The summed E-state index contributed by atoms with van der Waals surface area (Å²) in [6.45, 7) is 0.891. The molecule has 0 radical (unpaired) electrons. The number of fused-ring (bicyclic) bond motifs is 1. The fourth-order valence-electron chi connectivity index (χ4n) is 3.16. The standard InChI is InChI=1S/C13H22N5O13P3S2/c1-6(36-35-2)28-8-3-10(18-11-7(4-15-18)12(19)17-13(14)16-11)29-9(8)5-27-33(23,24)31-34(25,26)30-32(20,21)22/h4,6,8-10H,3,5H2,1-2H3,(H,23,24)(H,25,26)(H2,20,21,22)(H3,14,16,17,19)/p-3/t6-,8-,9-,10-/m1/s1. The van der Waals surface area contributed by atoms with E-state index in [2.05, 4.69) is 28.2 Å². The van der Waals surface area contributed by atoms with Gasteiger partial charge in [0.05, 0.1) is 18.9 Å². The third kappa shape index (κ3) is 8.09. The summed E-state index contributed by atoms with van der Waals surface area (Å²) >= 11 is 0. The van der Waals surface area contributed by atoms with E-state index in [9.17, 15) is 33.2 Å². The molecule has 1 saturated heterocycles. The van der Waals surface area contributed by atoms with E-state index in [0.717, 1.165) is 0 Å². The summed E-state index contributed by atoms with van der Waals surface area (Å²) < 4.78 is 58.3. The van der Waals surface area contributed by atoms with E-state index in [1.807, 2.05) is 6.26 Å². The third-order valence-corrected chi connectivity index (χ3v) is 9.99. The Hall–Kier alpha value is -0.820. The monoisotopic (exact) mass is 610 g/mol. The summed E-state index contributed by atoms with van der Waals surface area (Å²) in [5, 5.41) is 4.20. The van der Waals surface area contributed by atoms with Crippen LogP contribution >= 0.6 is 45.1 Å². The van der Waals surface area contributed by atoms with Gasteiger partial charge < -0.3 is 39.3 Å². The molecule has 1 fully saturated rings. The van der Waals surface area contributed by atoms with Crippen LogP contribution in [0.25, 0.3) is 11.0 Å². The van der Waals surface area contributed by atoms with Crippen molar-refractivity contribution in [3.63, 3.8) is 0 Å². The molecular formula is C13H19N5O13P3S2-3. The van der Waals surface area contributed by atoms with Gasteiger partial charge in [0.15, 0.2) is 11.9 Å². The number of nitrogen functional groups attached to an aromatic ring is 1. The topological polar surface area (TPSA) is 276 Å². The Morgan fingerprint density at radius 1 is 1.33 bits per heavy atom. The molecule has 2 aromatic heterocycles. The number of hydrogen-bond donors (Lipinski definition) is 3. The van der Waals surface area contributed by atoms with Gasteiger partial charge in [-0.3, -0.25) is 23.5 Å². The first-order chi connectivity index (χ1) is 16.6. The zero-order valence-corrected chi connectivity index (χ0v) is 22.5. The zero-order valence-electron chi connectivity index (χ0n) is 18.2. The smallest absolute Gasteiger partial charge is 0.280 e. The maximum absolute atomic E-state index is 12.1. The van der Waals surface area contributed by atoms with Crippen LogP contribution in [-0.2, 0) is 36.3 Å². The molecule has 0 aromatic carbocycles. The number of ether oxygens (including phenoxy) is 2. The van der Waals surface area contributed by atoms with Crippen LogP contribution in [0.2, 0.25) is 0 Å². The zero-order chi connectivity index (χ0) is 26.9. The number of nitrogens with two attached hydrogens (primary N) is 1. The SMILES string of the molecule is CSS[C@H](C)O[C@@H]1C[C@H](n2ncc3c(=O)[nH]c(N)nc32)O[C@@H]1COP(=O)([O-])OP(=O)([O-])OP(=O)([O-])O. The Bertz CT molecular complexity index is 1290. The fraction of sp³-hybridized carbons (Fsp3) is 0.615. The van der Waals surface area contributed by atoms with Crippen LogP contribution in [0.1, 0.15) is 19.6 Å². The lowest BCUT2D eigenvalue weighted by Crippen LogP contribution is -2.31. The van der Waals surface area contributed by atoms with Crippen molar-refractivity contribution in [3.8, 4) is 0 Å². The molecular weight excluding hydrogens is 591 g/mol. The van der Waals surface area contributed by atoms with Crippen molar-refractivity contribution in [3.05, 3.63) is 16.6 Å². The molecule has 36 heavy (non-hydrogen) atoms. The van der Waals surface area contributed by atoms with Gasteiger partial charge in [-0.1, -0.05) is 21.6 Å². The lowest BCUT2D eigenvalue weighted by atomic mass is 10.2. The first-order valence-corrected chi connectivity index (χ1v) is 16.6. The highest BCUT2D eigenvalue weighted by Gasteiger charge is 2.40. The van der Waals surface area contributed by atoms with Gasteiger partial charge in [-0.05, 0) is 13.2 Å². The summed E-state index contributed by atoms with van der Waals surface area (Å²) in [6.07, 6.45) is 0.233. The lowest BCUT2D eigenvalue weighted by Gasteiger charge is -2.33. The number of nitrogens with zero attached hydrogens (tertiary/aromatic N) is 3. The van der Waals surface area contributed by atoms with Crippen LogP contribution in [0.3, 0.4) is 0 Å². The summed E-state index contributed by atoms with van der Waals surface area (Å²) in [6, 6.07) is 0. The molecule has 1 aliphatic heterocycles. The lowest BCUT2D eigenvalue weighted by molar-refractivity contribution is -0.250. The van der Waals surface area contributed by atoms with Crippen molar-refractivity contribution >= 4 is 62.0 Å². The van der Waals surface area contributed by atoms with E-state index in [-0.39, 0.29) is 23.4 Å². The Morgan fingerprint density at radius 3 is 2.67 bits per heavy atom. The van der Waals surface area contributed by atoms with Gasteiger partial charge in [-0.15, -0.1) is 0 Å². The average molecular weight is 610 g/mol. The van der Waals surface area contributed by atoms with E-state index in [0.29, 0.717) is 0 Å². The number of phosphoric ester groups is 1. The molecule has 4 N–H and O–H groups in total. The van der Waals surface area contributed by atoms with E-state index in [1.165, 1.54) is 32.5 Å². The molecule has 204 valence electrons. The van der Waals surface area contributed by atoms with Crippen LogP contribution in [0, 0.1) is 0 Å².